The van der Waals surface area contributed by atoms with Gasteiger partial charge in [0.05, 0.1) is 11.0 Å². The van der Waals surface area contributed by atoms with Gasteiger partial charge in [-0.05, 0) is 31.2 Å². The van der Waals surface area contributed by atoms with Gasteiger partial charge in [-0.2, -0.15) is 0 Å². The van der Waals surface area contributed by atoms with Crippen LogP contribution in [0.5, 0.6) is 0 Å². The van der Waals surface area contributed by atoms with Crippen LogP contribution in [0.4, 0.5) is 0 Å². The fourth-order valence-corrected chi connectivity index (χ4v) is 3.28. The SMILES string of the molecule is O=C(NCC1CCCC(O)C1)c1cc(S)cs1. The number of carbonyl (C=O) groups excluding carboxylic acids is 1. The molecule has 0 spiro atoms. The van der Waals surface area contributed by atoms with Crippen LogP contribution < -0.4 is 5.32 Å². The van der Waals surface area contributed by atoms with Crippen molar-refractivity contribution in [2.75, 3.05) is 6.54 Å². The molecule has 2 unspecified atom stereocenters. The molecular weight excluding hydrogens is 254 g/mol. The monoisotopic (exact) mass is 271 g/mol. The first-order chi connectivity index (χ1) is 8.15. The maximum atomic E-state index is 11.8. The highest BCUT2D eigenvalue weighted by Gasteiger charge is 2.20. The molecule has 0 saturated heterocycles. The lowest BCUT2D eigenvalue weighted by Gasteiger charge is -2.25. The number of aliphatic hydroxyl groups excluding tert-OH is 1. The van der Waals surface area contributed by atoms with Gasteiger partial charge in [-0.15, -0.1) is 24.0 Å². The number of amides is 1. The molecule has 1 saturated carbocycles. The number of aliphatic hydroxyl groups is 1. The van der Waals surface area contributed by atoms with E-state index >= 15 is 0 Å². The van der Waals surface area contributed by atoms with Crippen molar-refractivity contribution in [2.45, 2.75) is 36.7 Å². The predicted molar refractivity (Wildman–Crippen MR) is 71.9 cm³/mol. The zero-order chi connectivity index (χ0) is 12.3. The Morgan fingerprint density at radius 2 is 2.41 bits per heavy atom. The van der Waals surface area contributed by atoms with Gasteiger partial charge >= 0.3 is 0 Å². The molecule has 94 valence electrons. The van der Waals surface area contributed by atoms with E-state index < -0.39 is 0 Å². The molecule has 5 heteroatoms. The van der Waals surface area contributed by atoms with Crippen LogP contribution in [0.3, 0.4) is 0 Å². The smallest absolute Gasteiger partial charge is 0.261 e. The average Bonchev–Trinajstić information content (AvgIpc) is 2.73. The lowest BCUT2D eigenvalue weighted by atomic mass is 9.87. The summed E-state index contributed by atoms with van der Waals surface area (Å²) in [6.07, 6.45) is 3.68. The second-order valence-electron chi connectivity index (χ2n) is 4.57. The van der Waals surface area contributed by atoms with E-state index in [4.69, 9.17) is 0 Å². The number of carbonyl (C=O) groups is 1. The Balaban J connectivity index is 1.80. The second kappa shape index (κ2) is 5.89. The quantitative estimate of drug-likeness (QED) is 0.739. The van der Waals surface area contributed by atoms with Gasteiger partial charge in [0, 0.05) is 16.8 Å². The minimum Gasteiger partial charge on any atom is -0.393 e. The molecule has 0 aromatic carbocycles. The molecule has 1 fully saturated rings. The third kappa shape index (κ3) is 3.72. The Morgan fingerprint density at radius 1 is 1.59 bits per heavy atom. The van der Waals surface area contributed by atoms with Crippen molar-refractivity contribution in [3.63, 3.8) is 0 Å². The zero-order valence-electron chi connectivity index (χ0n) is 9.56. The normalized spacial score (nSPS) is 24.6. The number of hydrogen-bond acceptors (Lipinski definition) is 4. The molecule has 1 aromatic heterocycles. The molecule has 0 bridgehead atoms. The highest BCUT2D eigenvalue weighted by atomic mass is 32.1. The Hall–Kier alpha value is -0.520. The summed E-state index contributed by atoms with van der Waals surface area (Å²) in [4.78, 5) is 13.3. The predicted octanol–water partition coefficient (Wildman–Crippen LogP) is 2.32. The molecule has 1 amide bonds. The Bertz CT molecular complexity index is 392. The van der Waals surface area contributed by atoms with Crippen molar-refractivity contribution in [1.82, 2.24) is 5.32 Å². The average molecular weight is 271 g/mol. The van der Waals surface area contributed by atoms with Gasteiger partial charge in [-0.3, -0.25) is 4.79 Å². The first-order valence-corrected chi connectivity index (χ1v) is 7.21. The van der Waals surface area contributed by atoms with Crippen LogP contribution in [0.1, 0.15) is 35.4 Å². The zero-order valence-corrected chi connectivity index (χ0v) is 11.3. The first kappa shape index (κ1) is 12.9. The van der Waals surface area contributed by atoms with Crippen LogP contribution in [0.25, 0.3) is 0 Å². The summed E-state index contributed by atoms with van der Waals surface area (Å²) < 4.78 is 0. The molecule has 3 nitrogen and oxygen atoms in total. The molecule has 2 N–H and O–H groups in total. The fraction of sp³-hybridized carbons (Fsp3) is 0.583. The van der Waals surface area contributed by atoms with E-state index in [0.29, 0.717) is 17.3 Å². The van der Waals surface area contributed by atoms with Gasteiger partial charge < -0.3 is 10.4 Å². The number of thiophene rings is 1. The molecule has 1 aliphatic carbocycles. The van der Waals surface area contributed by atoms with Crippen LogP contribution in [0.15, 0.2) is 16.3 Å². The van der Waals surface area contributed by atoms with E-state index in [0.717, 1.165) is 30.6 Å². The van der Waals surface area contributed by atoms with Crippen LogP contribution in [-0.4, -0.2) is 23.7 Å². The number of thiol groups is 1. The third-order valence-electron chi connectivity index (χ3n) is 3.12. The second-order valence-corrected chi connectivity index (χ2v) is 5.99. The molecule has 2 atom stereocenters. The maximum absolute atomic E-state index is 11.8. The topological polar surface area (TPSA) is 49.3 Å². The highest BCUT2D eigenvalue weighted by Crippen LogP contribution is 2.24. The molecule has 0 radical (unpaired) electrons. The Labute approximate surface area is 111 Å². The van der Waals surface area contributed by atoms with Crippen LogP contribution in [0.2, 0.25) is 0 Å². The molecular formula is C12H17NO2S2. The molecule has 2 rings (SSSR count). The summed E-state index contributed by atoms with van der Waals surface area (Å²) in [5.74, 6) is 0.383. The van der Waals surface area contributed by atoms with Gasteiger partial charge in [-0.25, -0.2) is 0 Å². The van der Waals surface area contributed by atoms with Crippen molar-refractivity contribution in [1.29, 1.82) is 0 Å². The van der Waals surface area contributed by atoms with E-state index in [1.165, 1.54) is 11.3 Å². The first-order valence-electron chi connectivity index (χ1n) is 5.89. The summed E-state index contributed by atoms with van der Waals surface area (Å²) in [5, 5.41) is 14.3. The summed E-state index contributed by atoms with van der Waals surface area (Å²) in [6.45, 7) is 0.662. The van der Waals surface area contributed by atoms with Crippen LogP contribution >= 0.6 is 24.0 Å². The van der Waals surface area contributed by atoms with E-state index in [2.05, 4.69) is 17.9 Å². The van der Waals surface area contributed by atoms with Crippen molar-refractivity contribution in [3.8, 4) is 0 Å². The largest absolute Gasteiger partial charge is 0.393 e. The highest BCUT2D eigenvalue weighted by molar-refractivity contribution is 7.80. The number of hydrogen-bond donors (Lipinski definition) is 3. The molecule has 0 aliphatic heterocycles. The Kier molecular flexibility index (Phi) is 4.48. The minimum absolute atomic E-state index is 0.0321. The summed E-state index contributed by atoms with van der Waals surface area (Å²) in [7, 11) is 0. The van der Waals surface area contributed by atoms with Gasteiger partial charge in [0.15, 0.2) is 0 Å². The fourth-order valence-electron chi connectivity index (χ4n) is 2.22. The van der Waals surface area contributed by atoms with E-state index in [-0.39, 0.29) is 12.0 Å². The Morgan fingerprint density at radius 3 is 3.06 bits per heavy atom. The van der Waals surface area contributed by atoms with Crippen molar-refractivity contribution in [3.05, 3.63) is 16.3 Å². The minimum atomic E-state index is -0.184. The van der Waals surface area contributed by atoms with Crippen molar-refractivity contribution < 1.29 is 9.90 Å². The van der Waals surface area contributed by atoms with Crippen LogP contribution in [-0.2, 0) is 0 Å². The van der Waals surface area contributed by atoms with E-state index in [1.807, 2.05) is 5.38 Å². The van der Waals surface area contributed by atoms with Crippen molar-refractivity contribution >= 4 is 29.9 Å². The van der Waals surface area contributed by atoms with Gasteiger partial charge in [0.2, 0.25) is 0 Å². The number of nitrogens with one attached hydrogen (secondary N) is 1. The standard InChI is InChI=1S/C12H17NO2S2/c14-9-3-1-2-8(4-9)6-13-12(15)11-5-10(16)7-17-11/h5,7-9,14,16H,1-4,6H2,(H,13,15). The number of rotatable bonds is 3. The summed E-state index contributed by atoms with van der Waals surface area (Å²) in [5.41, 5.74) is 0. The van der Waals surface area contributed by atoms with E-state index in [1.54, 1.807) is 6.07 Å². The molecule has 1 aliphatic rings. The van der Waals surface area contributed by atoms with Crippen LogP contribution in [0, 0.1) is 5.92 Å². The van der Waals surface area contributed by atoms with Gasteiger partial charge in [-0.1, -0.05) is 6.42 Å². The lowest BCUT2D eigenvalue weighted by molar-refractivity contribution is 0.0876. The lowest BCUT2D eigenvalue weighted by Crippen LogP contribution is -2.32. The maximum Gasteiger partial charge on any atom is 0.261 e. The summed E-state index contributed by atoms with van der Waals surface area (Å²) >= 11 is 5.59. The van der Waals surface area contributed by atoms with Gasteiger partial charge in [0.1, 0.15) is 0 Å². The van der Waals surface area contributed by atoms with E-state index in [9.17, 15) is 9.90 Å². The third-order valence-corrected chi connectivity index (χ3v) is 4.48. The molecule has 1 heterocycles. The van der Waals surface area contributed by atoms with Gasteiger partial charge in [0.25, 0.3) is 5.91 Å². The van der Waals surface area contributed by atoms with Crippen molar-refractivity contribution in [2.24, 2.45) is 5.92 Å². The summed E-state index contributed by atoms with van der Waals surface area (Å²) in [6, 6.07) is 1.78. The molecule has 17 heavy (non-hydrogen) atoms. The molecule has 1 aromatic rings.